The van der Waals surface area contributed by atoms with Crippen molar-refractivity contribution in [2.24, 2.45) is 0 Å². The molecule has 0 radical (unpaired) electrons. The number of hydrogen-bond donors (Lipinski definition) is 0. The molecule has 1 amide bonds. The van der Waals surface area contributed by atoms with Crippen molar-refractivity contribution < 1.29 is 9.53 Å². The van der Waals surface area contributed by atoms with Gasteiger partial charge in [0.15, 0.2) is 0 Å². The van der Waals surface area contributed by atoms with Crippen LogP contribution in [0.15, 0.2) is 54.6 Å². The maximum absolute atomic E-state index is 13.3. The zero-order valence-electron chi connectivity index (χ0n) is 14.8. The van der Waals surface area contributed by atoms with Crippen LogP contribution in [0.25, 0.3) is 0 Å². The van der Waals surface area contributed by atoms with E-state index in [0.717, 1.165) is 31.2 Å². The molecule has 3 nitrogen and oxygen atoms in total. The van der Waals surface area contributed by atoms with Gasteiger partial charge in [0.05, 0.1) is 19.1 Å². The standard InChI is InChI=1S/C22H25NO2/c1-2-3-13-22-15-19-12-8-7-11-18(19)14-21(24)23(22)20(16-25-22)17-9-5-4-6-10-17/h4-12,20H,2-3,13-16H2,1H3/t20-,22+/m0/s1. The molecule has 4 rings (SSSR count). The molecule has 0 aromatic heterocycles. The summed E-state index contributed by atoms with van der Waals surface area (Å²) in [5.74, 6) is 0.187. The summed E-state index contributed by atoms with van der Waals surface area (Å²) in [5.41, 5.74) is 3.07. The SMILES string of the molecule is CCCC[C@@]12Cc3ccccc3CC(=O)N1[C@H](c1ccccc1)CO2. The van der Waals surface area contributed by atoms with Gasteiger partial charge >= 0.3 is 0 Å². The molecule has 1 fully saturated rings. The van der Waals surface area contributed by atoms with Crippen LogP contribution in [0, 0.1) is 0 Å². The number of rotatable bonds is 4. The van der Waals surface area contributed by atoms with Gasteiger partial charge in [0.1, 0.15) is 5.72 Å². The van der Waals surface area contributed by atoms with Crippen LogP contribution in [-0.2, 0) is 22.4 Å². The van der Waals surface area contributed by atoms with Crippen molar-refractivity contribution in [1.29, 1.82) is 0 Å². The Balaban J connectivity index is 1.77. The predicted octanol–water partition coefficient (Wildman–Crippen LogP) is 4.27. The lowest BCUT2D eigenvalue weighted by atomic mass is 9.94. The highest BCUT2D eigenvalue weighted by Gasteiger charge is 2.51. The van der Waals surface area contributed by atoms with Gasteiger partial charge in [-0.15, -0.1) is 0 Å². The van der Waals surface area contributed by atoms with Crippen LogP contribution in [0.1, 0.15) is 48.9 Å². The number of carbonyl (C=O) groups excluding carboxylic acids is 1. The summed E-state index contributed by atoms with van der Waals surface area (Å²) in [4.78, 5) is 15.3. The van der Waals surface area contributed by atoms with E-state index in [1.54, 1.807) is 0 Å². The molecule has 2 atom stereocenters. The summed E-state index contributed by atoms with van der Waals surface area (Å²) >= 11 is 0. The summed E-state index contributed by atoms with van der Waals surface area (Å²) in [7, 11) is 0. The molecule has 0 bridgehead atoms. The Labute approximate surface area is 149 Å². The molecule has 2 aromatic rings. The van der Waals surface area contributed by atoms with Crippen molar-refractivity contribution >= 4 is 5.91 Å². The third-order valence-electron chi connectivity index (χ3n) is 5.56. The van der Waals surface area contributed by atoms with E-state index in [-0.39, 0.29) is 11.9 Å². The van der Waals surface area contributed by atoms with E-state index >= 15 is 0 Å². The molecule has 0 saturated carbocycles. The first kappa shape index (κ1) is 16.3. The first-order valence-corrected chi connectivity index (χ1v) is 9.31. The fourth-order valence-corrected chi connectivity index (χ4v) is 4.30. The summed E-state index contributed by atoms with van der Waals surface area (Å²) in [6.45, 7) is 2.78. The largest absolute Gasteiger partial charge is 0.353 e. The molecule has 3 heteroatoms. The van der Waals surface area contributed by atoms with E-state index in [4.69, 9.17) is 4.74 Å². The van der Waals surface area contributed by atoms with E-state index in [0.29, 0.717) is 13.0 Å². The number of carbonyl (C=O) groups is 1. The maximum Gasteiger partial charge on any atom is 0.229 e. The number of ether oxygens (including phenoxy) is 1. The normalized spacial score (nSPS) is 25.4. The number of hydrogen-bond acceptors (Lipinski definition) is 2. The molecule has 0 aliphatic carbocycles. The summed E-state index contributed by atoms with van der Waals surface area (Å²) in [6, 6.07) is 18.7. The summed E-state index contributed by atoms with van der Waals surface area (Å²) in [5, 5.41) is 0. The Morgan fingerprint density at radius 2 is 1.80 bits per heavy atom. The number of benzene rings is 2. The van der Waals surface area contributed by atoms with Gasteiger partial charge in [0.2, 0.25) is 5.91 Å². The number of nitrogens with zero attached hydrogens (tertiary/aromatic N) is 1. The lowest BCUT2D eigenvalue weighted by Crippen LogP contribution is -2.50. The second-order valence-electron chi connectivity index (χ2n) is 7.17. The zero-order chi connectivity index (χ0) is 17.3. The minimum atomic E-state index is -0.500. The quantitative estimate of drug-likeness (QED) is 0.835. The van der Waals surface area contributed by atoms with Crippen LogP contribution < -0.4 is 0 Å². The van der Waals surface area contributed by atoms with Gasteiger partial charge in [-0.1, -0.05) is 67.9 Å². The van der Waals surface area contributed by atoms with Gasteiger partial charge in [-0.2, -0.15) is 0 Å². The molecular formula is C22H25NO2. The van der Waals surface area contributed by atoms with Gasteiger partial charge < -0.3 is 9.64 Å². The minimum absolute atomic E-state index is 0.0138. The lowest BCUT2D eigenvalue weighted by Gasteiger charge is -2.38. The molecule has 2 aliphatic rings. The highest BCUT2D eigenvalue weighted by molar-refractivity contribution is 5.81. The smallest absolute Gasteiger partial charge is 0.229 e. The van der Waals surface area contributed by atoms with Gasteiger partial charge in [-0.25, -0.2) is 0 Å². The maximum atomic E-state index is 13.3. The second-order valence-corrected chi connectivity index (χ2v) is 7.17. The van der Waals surface area contributed by atoms with Crippen molar-refractivity contribution in [1.82, 2.24) is 4.90 Å². The van der Waals surface area contributed by atoms with Crippen LogP contribution in [0.3, 0.4) is 0 Å². The van der Waals surface area contributed by atoms with E-state index < -0.39 is 5.72 Å². The molecule has 1 saturated heterocycles. The molecule has 0 spiro atoms. The predicted molar refractivity (Wildman–Crippen MR) is 98.1 cm³/mol. The molecule has 0 unspecified atom stereocenters. The first-order valence-electron chi connectivity index (χ1n) is 9.31. The first-order chi connectivity index (χ1) is 12.2. The Morgan fingerprint density at radius 3 is 2.56 bits per heavy atom. The topological polar surface area (TPSA) is 29.5 Å². The van der Waals surface area contributed by atoms with Gasteiger partial charge in [-0.05, 0) is 29.5 Å². The zero-order valence-corrected chi connectivity index (χ0v) is 14.8. The number of fused-ring (bicyclic) bond motifs is 2. The third-order valence-corrected chi connectivity index (χ3v) is 5.56. The molecule has 130 valence electrons. The molecule has 2 aliphatic heterocycles. The molecule has 25 heavy (non-hydrogen) atoms. The van der Waals surface area contributed by atoms with Crippen molar-refractivity contribution in [2.75, 3.05) is 6.61 Å². The molecule has 2 aromatic carbocycles. The van der Waals surface area contributed by atoms with Gasteiger partial charge in [-0.3, -0.25) is 4.79 Å². The Bertz CT molecular complexity index is 758. The summed E-state index contributed by atoms with van der Waals surface area (Å²) < 4.78 is 6.43. The monoisotopic (exact) mass is 335 g/mol. The Hall–Kier alpha value is -2.13. The molecular weight excluding hydrogens is 310 g/mol. The van der Waals surface area contributed by atoms with Crippen LogP contribution in [-0.4, -0.2) is 23.1 Å². The second kappa shape index (κ2) is 6.64. The third kappa shape index (κ3) is 2.87. The average molecular weight is 335 g/mol. The highest BCUT2D eigenvalue weighted by Crippen LogP contribution is 2.44. The molecule has 0 N–H and O–H groups in total. The van der Waals surface area contributed by atoms with Gasteiger partial charge in [0, 0.05) is 6.42 Å². The Kier molecular flexibility index (Phi) is 4.34. The van der Waals surface area contributed by atoms with Crippen LogP contribution in [0.2, 0.25) is 0 Å². The number of amides is 1. The fourth-order valence-electron chi connectivity index (χ4n) is 4.30. The minimum Gasteiger partial charge on any atom is -0.353 e. The van der Waals surface area contributed by atoms with E-state index in [1.165, 1.54) is 11.1 Å². The van der Waals surface area contributed by atoms with E-state index in [9.17, 15) is 4.79 Å². The Morgan fingerprint density at radius 1 is 1.08 bits per heavy atom. The van der Waals surface area contributed by atoms with Crippen molar-refractivity contribution in [3.63, 3.8) is 0 Å². The van der Waals surface area contributed by atoms with Crippen molar-refractivity contribution in [3.8, 4) is 0 Å². The van der Waals surface area contributed by atoms with Crippen molar-refractivity contribution in [3.05, 3.63) is 71.3 Å². The molecule has 2 heterocycles. The van der Waals surface area contributed by atoms with Crippen LogP contribution in [0.4, 0.5) is 0 Å². The highest BCUT2D eigenvalue weighted by atomic mass is 16.5. The average Bonchev–Trinajstić information content (AvgIpc) is 2.96. The van der Waals surface area contributed by atoms with Crippen LogP contribution >= 0.6 is 0 Å². The van der Waals surface area contributed by atoms with E-state index in [2.05, 4.69) is 42.2 Å². The van der Waals surface area contributed by atoms with Gasteiger partial charge in [0.25, 0.3) is 0 Å². The van der Waals surface area contributed by atoms with Crippen molar-refractivity contribution in [2.45, 2.75) is 50.8 Å². The summed E-state index contributed by atoms with van der Waals surface area (Å²) in [6.07, 6.45) is 4.32. The van der Waals surface area contributed by atoms with Crippen LogP contribution in [0.5, 0.6) is 0 Å². The number of unbranched alkanes of at least 4 members (excludes halogenated alkanes) is 1. The fraction of sp³-hybridized carbons (Fsp3) is 0.409. The van der Waals surface area contributed by atoms with E-state index in [1.807, 2.05) is 24.3 Å². The lowest BCUT2D eigenvalue weighted by molar-refractivity contribution is -0.151.